The maximum Gasteiger partial charge on any atom is 0.257 e. The Bertz CT molecular complexity index is 714. The van der Waals surface area contributed by atoms with E-state index < -0.39 is 0 Å². The molecule has 1 saturated carbocycles. The van der Waals surface area contributed by atoms with Crippen molar-refractivity contribution < 1.29 is 14.0 Å². The number of amides is 2. The summed E-state index contributed by atoms with van der Waals surface area (Å²) in [5, 5.41) is 4.18. The molecule has 0 unspecified atom stereocenters. The highest BCUT2D eigenvalue weighted by atomic mass is 32.1. The first-order valence-corrected chi connectivity index (χ1v) is 9.79. The lowest BCUT2D eigenvalue weighted by Gasteiger charge is -2.34. The maximum absolute atomic E-state index is 13.0. The van der Waals surface area contributed by atoms with E-state index in [1.807, 2.05) is 4.90 Å². The quantitative estimate of drug-likeness (QED) is 0.823. The lowest BCUT2D eigenvalue weighted by Crippen LogP contribution is -2.44. The lowest BCUT2D eigenvalue weighted by atomic mass is 9.94. The summed E-state index contributed by atoms with van der Waals surface area (Å²) in [6.07, 6.45) is 6.72. The van der Waals surface area contributed by atoms with Crippen molar-refractivity contribution in [3.63, 3.8) is 0 Å². The van der Waals surface area contributed by atoms with Crippen LogP contribution in [-0.2, 0) is 11.3 Å². The standard InChI is InChI=1S/C19H22N2O3S/c22-18(16-5-9-24-12-16)20-7-3-15(4-8-20)19(23)21(17-1-2-17)11-14-6-10-25-13-14/h5-6,9-10,12-13,15,17H,1-4,7-8,11H2. The molecule has 0 N–H and O–H groups in total. The van der Waals surface area contributed by atoms with Gasteiger partial charge in [-0.3, -0.25) is 9.59 Å². The van der Waals surface area contributed by atoms with E-state index in [9.17, 15) is 9.59 Å². The Kier molecular flexibility index (Phi) is 4.61. The third kappa shape index (κ3) is 3.63. The smallest absolute Gasteiger partial charge is 0.257 e. The zero-order chi connectivity index (χ0) is 17.2. The van der Waals surface area contributed by atoms with Crippen LogP contribution in [0.2, 0.25) is 0 Å². The molecule has 5 nitrogen and oxygen atoms in total. The highest BCUT2D eigenvalue weighted by Crippen LogP contribution is 2.32. The summed E-state index contributed by atoms with van der Waals surface area (Å²) >= 11 is 1.67. The molecule has 0 radical (unpaired) electrons. The number of hydrogen-bond donors (Lipinski definition) is 0. The van der Waals surface area contributed by atoms with Gasteiger partial charge in [0.05, 0.1) is 11.8 Å². The molecule has 0 atom stereocenters. The molecule has 3 heterocycles. The van der Waals surface area contributed by atoms with Crippen LogP contribution >= 0.6 is 11.3 Å². The van der Waals surface area contributed by atoms with Gasteiger partial charge in [0.1, 0.15) is 6.26 Å². The van der Waals surface area contributed by atoms with Crippen molar-refractivity contribution in [2.24, 2.45) is 5.92 Å². The SMILES string of the molecule is O=C(c1ccoc1)N1CCC(C(=O)N(Cc2ccsc2)C2CC2)CC1. The molecule has 2 aromatic heterocycles. The van der Waals surface area contributed by atoms with Gasteiger partial charge >= 0.3 is 0 Å². The highest BCUT2D eigenvalue weighted by molar-refractivity contribution is 7.07. The molecule has 1 aliphatic carbocycles. The Hall–Kier alpha value is -2.08. The number of rotatable bonds is 5. The number of nitrogens with zero attached hydrogens (tertiary/aromatic N) is 2. The summed E-state index contributed by atoms with van der Waals surface area (Å²) in [6, 6.07) is 4.20. The average molecular weight is 358 g/mol. The van der Waals surface area contributed by atoms with Gasteiger partial charge in [0.25, 0.3) is 5.91 Å². The monoisotopic (exact) mass is 358 g/mol. The van der Waals surface area contributed by atoms with E-state index in [1.54, 1.807) is 17.4 Å². The van der Waals surface area contributed by atoms with Crippen molar-refractivity contribution in [3.05, 3.63) is 46.5 Å². The van der Waals surface area contributed by atoms with Crippen molar-refractivity contribution in [2.75, 3.05) is 13.1 Å². The Morgan fingerprint density at radius 3 is 2.60 bits per heavy atom. The summed E-state index contributed by atoms with van der Waals surface area (Å²) < 4.78 is 4.99. The number of thiophene rings is 1. The van der Waals surface area contributed by atoms with Crippen LogP contribution < -0.4 is 0 Å². The Labute approximate surface area is 151 Å². The number of carbonyl (C=O) groups is 2. The minimum atomic E-state index is -0.00280. The zero-order valence-electron chi connectivity index (χ0n) is 14.1. The first kappa shape index (κ1) is 16.4. The van der Waals surface area contributed by atoms with Gasteiger partial charge in [0.15, 0.2) is 0 Å². The molecule has 6 heteroatoms. The van der Waals surface area contributed by atoms with Gasteiger partial charge < -0.3 is 14.2 Å². The summed E-state index contributed by atoms with van der Waals surface area (Å²) in [7, 11) is 0. The van der Waals surface area contributed by atoms with Crippen LogP contribution in [0, 0.1) is 5.92 Å². The van der Waals surface area contributed by atoms with Gasteiger partial charge in [-0.15, -0.1) is 0 Å². The van der Waals surface area contributed by atoms with Gasteiger partial charge in [-0.05, 0) is 54.1 Å². The molecular weight excluding hydrogens is 336 g/mol. The summed E-state index contributed by atoms with van der Waals surface area (Å²) in [5.41, 5.74) is 1.81. The summed E-state index contributed by atoms with van der Waals surface area (Å²) in [6.45, 7) is 2.00. The number of likely N-dealkylation sites (tertiary alicyclic amines) is 1. The van der Waals surface area contributed by atoms with Crippen LogP contribution in [0.15, 0.2) is 39.8 Å². The Morgan fingerprint density at radius 1 is 1.20 bits per heavy atom. The Morgan fingerprint density at radius 2 is 2.00 bits per heavy atom. The van der Waals surface area contributed by atoms with Gasteiger partial charge in [-0.1, -0.05) is 0 Å². The summed E-state index contributed by atoms with van der Waals surface area (Å²) in [5.74, 6) is 0.300. The molecule has 0 aromatic carbocycles. The molecule has 25 heavy (non-hydrogen) atoms. The molecular formula is C19H22N2O3S. The first-order valence-electron chi connectivity index (χ1n) is 8.85. The fraction of sp³-hybridized carbons (Fsp3) is 0.474. The van der Waals surface area contributed by atoms with Crippen molar-refractivity contribution in [1.29, 1.82) is 0 Å². The topological polar surface area (TPSA) is 53.8 Å². The van der Waals surface area contributed by atoms with E-state index in [2.05, 4.69) is 21.7 Å². The molecule has 2 aliphatic rings. The van der Waals surface area contributed by atoms with Crippen LogP contribution in [0.1, 0.15) is 41.6 Å². The van der Waals surface area contributed by atoms with E-state index in [4.69, 9.17) is 4.42 Å². The van der Waals surface area contributed by atoms with Crippen molar-refractivity contribution in [3.8, 4) is 0 Å². The zero-order valence-corrected chi connectivity index (χ0v) is 14.9. The highest BCUT2D eigenvalue weighted by Gasteiger charge is 2.37. The predicted molar refractivity (Wildman–Crippen MR) is 95.2 cm³/mol. The molecule has 2 amide bonds. The fourth-order valence-corrected chi connectivity index (χ4v) is 4.15. The molecule has 0 bridgehead atoms. The second-order valence-electron chi connectivity index (χ2n) is 6.91. The summed E-state index contributed by atoms with van der Waals surface area (Å²) in [4.78, 5) is 29.3. The van der Waals surface area contributed by atoms with Crippen LogP contribution in [-0.4, -0.2) is 40.7 Å². The molecule has 4 rings (SSSR count). The average Bonchev–Trinajstić information content (AvgIpc) is 3.13. The minimum Gasteiger partial charge on any atom is -0.472 e. The van der Waals surface area contributed by atoms with Gasteiger partial charge in [-0.2, -0.15) is 11.3 Å². The molecule has 2 fully saturated rings. The Balaban J connectivity index is 1.36. The third-order valence-electron chi connectivity index (χ3n) is 5.10. The third-order valence-corrected chi connectivity index (χ3v) is 5.84. The maximum atomic E-state index is 13.0. The van der Waals surface area contributed by atoms with Gasteiger partial charge in [-0.25, -0.2) is 0 Å². The van der Waals surface area contributed by atoms with E-state index in [-0.39, 0.29) is 17.7 Å². The van der Waals surface area contributed by atoms with Crippen molar-refractivity contribution in [2.45, 2.75) is 38.3 Å². The van der Waals surface area contributed by atoms with E-state index in [0.29, 0.717) is 24.7 Å². The minimum absolute atomic E-state index is 0.00280. The number of hydrogen-bond acceptors (Lipinski definition) is 4. The molecule has 2 aromatic rings. The van der Waals surface area contributed by atoms with Crippen molar-refractivity contribution >= 4 is 23.2 Å². The second-order valence-corrected chi connectivity index (χ2v) is 7.69. The largest absolute Gasteiger partial charge is 0.472 e. The van der Waals surface area contributed by atoms with Crippen LogP contribution in [0.4, 0.5) is 0 Å². The van der Waals surface area contributed by atoms with E-state index in [1.165, 1.54) is 18.1 Å². The number of furan rings is 1. The molecule has 0 spiro atoms. The molecule has 132 valence electrons. The number of piperidine rings is 1. The van der Waals surface area contributed by atoms with Gasteiger partial charge in [0, 0.05) is 31.6 Å². The molecule has 1 aliphatic heterocycles. The van der Waals surface area contributed by atoms with Gasteiger partial charge in [0.2, 0.25) is 5.91 Å². The van der Waals surface area contributed by atoms with Crippen LogP contribution in [0.25, 0.3) is 0 Å². The second kappa shape index (κ2) is 7.04. The number of carbonyl (C=O) groups excluding carboxylic acids is 2. The predicted octanol–water partition coefficient (Wildman–Crippen LogP) is 3.38. The lowest BCUT2D eigenvalue weighted by molar-refractivity contribution is -0.138. The van der Waals surface area contributed by atoms with Crippen LogP contribution in [0.5, 0.6) is 0 Å². The normalized spacial score (nSPS) is 18.3. The molecule has 1 saturated heterocycles. The van der Waals surface area contributed by atoms with E-state index >= 15 is 0 Å². The fourth-order valence-electron chi connectivity index (χ4n) is 3.49. The van der Waals surface area contributed by atoms with E-state index in [0.717, 1.165) is 32.2 Å². The van der Waals surface area contributed by atoms with Crippen LogP contribution in [0.3, 0.4) is 0 Å². The first-order chi connectivity index (χ1) is 12.2. The van der Waals surface area contributed by atoms with Crippen molar-refractivity contribution in [1.82, 2.24) is 9.80 Å².